The number of ether oxygens (including phenoxy) is 1. The molecule has 4 aromatic rings. The third-order valence-electron chi connectivity index (χ3n) is 5.74. The predicted molar refractivity (Wildman–Crippen MR) is 146 cm³/mol. The van der Waals surface area contributed by atoms with E-state index in [9.17, 15) is 18.3 Å². The first kappa shape index (κ1) is 27.1. The Bertz CT molecular complexity index is 1320. The summed E-state index contributed by atoms with van der Waals surface area (Å²) >= 11 is 1.40. The average molecular weight is 537 g/mol. The highest BCUT2D eigenvalue weighted by atomic mass is 32.2. The van der Waals surface area contributed by atoms with Crippen LogP contribution in [0.4, 0.5) is 18.9 Å². The Morgan fingerprint density at radius 1 is 0.868 bits per heavy atom. The van der Waals surface area contributed by atoms with Crippen LogP contribution in [0.1, 0.15) is 22.3 Å². The molecule has 0 saturated heterocycles. The van der Waals surface area contributed by atoms with Crippen LogP contribution >= 0.6 is 11.8 Å². The molecule has 0 saturated carbocycles. The number of methoxy groups -OCH3 is 1. The largest absolute Gasteiger partial charge is 0.508 e. The number of amidine groups is 1. The molecule has 4 nitrogen and oxygen atoms in total. The number of phenols is 1. The summed E-state index contributed by atoms with van der Waals surface area (Å²) in [5.41, 5.74) is 2.83. The van der Waals surface area contributed by atoms with Gasteiger partial charge in [-0.2, -0.15) is 13.2 Å². The lowest BCUT2D eigenvalue weighted by molar-refractivity contribution is -0.137. The van der Waals surface area contributed by atoms with Crippen LogP contribution in [-0.2, 0) is 19.3 Å². The van der Waals surface area contributed by atoms with E-state index in [4.69, 9.17) is 9.73 Å². The molecule has 0 spiro atoms. The number of benzene rings is 4. The topological polar surface area (TPSA) is 45.1 Å². The molecule has 0 bridgehead atoms. The van der Waals surface area contributed by atoms with Crippen molar-refractivity contribution in [1.82, 2.24) is 4.90 Å². The van der Waals surface area contributed by atoms with Crippen molar-refractivity contribution in [3.63, 3.8) is 0 Å². The van der Waals surface area contributed by atoms with Crippen molar-refractivity contribution in [3.8, 4) is 11.5 Å². The fourth-order valence-electron chi connectivity index (χ4n) is 3.69. The highest BCUT2D eigenvalue weighted by molar-refractivity contribution is 8.13. The van der Waals surface area contributed by atoms with Gasteiger partial charge in [-0.3, -0.25) is 0 Å². The van der Waals surface area contributed by atoms with E-state index in [1.807, 2.05) is 67.6 Å². The number of aryl methyl sites for hydroxylation is 1. The average Bonchev–Trinajstić information content (AvgIpc) is 2.90. The Morgan fingerprint density at radius 2 is 1.47 bits per heavy atom. The van der Waals surface area contributed by atoms with Gasteiger partial charge in [0.05, 0.1) is 18.4 Å². The van der Waals surface area contributed by atoms with E-state index in [1.165, 1.54) is 23.9 Å². The van der Waals surface area contributed by atoms with Crippen molar-refractivity contribution >= 4 is 22.6 Å². The van der Waals surface area contributed by atoms with Crippen molar-refractivity contribution in [2.45, 2.75) is 31.1 Å². The third kappa shape index (κ3) is 7.55. The maximum Gasteiger partial charge on any atom is 0.416 e. The molecule has 8 heteroatoms. The summed E-state index contributed by atoms with van der Waals surface area (Å²) < 4.78 is 44.8. The summed E-state index contributed by atoms with van der Waals surface area (Å²) in [7, 11) is 1.59. The highest BCUT2D eigenvalue weighted by Gasteiger charge is 2.30. The second-order valence-electron chi connectivity index (χ2n) is 8.73. The molecule has 0 aliphatic heterocycles. The fourth-order valence-corrected chi connectivity index (χ4v) is 4.63. The Kier molecular flexibility index (Phi) is 8.63. The molecule has 0 aromatic heterocycles. The van der Waals surface area contributed by atoms with Crippen molar-refractivity contribution in [1.29, 1.82) is 0 Å². The van der Waals surface area contributed by atoms with Gasteiger partial charge in [0.15, 0.2) is 5.17 Å². The molecule has 1 N–H and O–H groups in total. The molecule has 0 amide bonds. The van der Waals surface area contributed by atoms with Crippen LogP contribution in [-0.4, -0.2) is 22.3 Å². The zero-order chi connectivity index (χ0) is 27.1. The molecule has 0 aliphatic carbocycles. The number of alkyl halides is 3. The number of hydrogen-bond acceptors (Lipinski definition) is 4. The van der Waals surface area contributed by atoms with E-state index < -0.39 is 11.7 Å². The van der Waals surface area contributed by atoms with Crippen molar-refractivity contribution in [2.75, 3.05) is 7.11 Å². The molecule has 4 rings (SSSR count). The van der Waals surface area contributed by atoms with Crippen LogP contribution in [0, 0.1) is 6.92 Å². The van der Waals surface area contributed by atoms with E-state index >= 15 is 0 Å². The van der Waals surface area contributed by atoms with E-state index in [0.717, 1.165) is 33.7 Å². The van der Waals surface area contributed by atoms with Gasteiger partial charge in [0.25, 0.3) is 0 Å². The van der Waals surface area contributed by atoms with Crippen molar-refractivity contribution in [2.24, 2.45) is 4.99 Å². The minimum atomic E-state index is -4.42. The summed E-state index contributed by atoms with van der Waals surface area (Å²) in [6.45, 7) is 3.00. The lowest BCUT2D eigenvalue weighted by Gasteiger charge is -2.26. The lowest BCUT2D eigenvalue weighted by atomic mass is 10.1. The first-order valence-corrected chi connectivity index (χ1v) is 12.7. The number of halogens is 3. The summed E-state index contributed by atoms with van der Waals surface area (Å²) in [6, 6.07) is 27.5. The standard InChI is InChI=1S/C30H27F3N2O2S/c1-21-6-8-22(9-7-21)19-35(20-23-10-16-26(36)17-11-23)29(38-28-5-3-4-27(18-28)37-2)34-25-14-12-24(13-15-25)30(31,32)33/h3-18,36H,19-20H2,1-2H3. The van der Waals surface area contributed by atoms with E-state index in [1.54, 1.807) is 19.2 Å². The lowest BCUT2D eigenvalue weighted by Crippen LogP contribution is -2.28. The monoisotopic (exact) mass is 536 g/mol. The van der Waals surface area contributed by atoms with Gasteiger partial charge < -0.3 is 14.7 Å². The zero-order valence-corrected chi connectivity index (χ0v) is 21.8. The highest BCUT2D eigenvalue weighted by Crippen LogP contribution is 2.32. The first-order chi connectivity index (χ1) is 18.2. The molecule has 196 valence electrons. The van der Waals surface area contributed by atoms with Gasteiger partial charge >= 0.3 is 6.18 Å². The number of thioether (sulfide) groups is 1. The molecule has 0 radical (unpaired) electrons. The minimum Gasteiger partial charge on any atom is -0.508 e. The van der Waals surface area contributed by atoms with Crippen LogP contribution in [0.5, 0.6) is 11.5 Å². The number of aromatic hydroxyl groups is 1. The Morgan fingerprint density at radius 3 is 2.05 bits per heavy atom. The number of nitrogens with zero attached hydrogens (tertiary/aromatic N) is 2. The van der Waals surface area contributed by atoms with Crippen molar-refractivity contribution < 1.29 is 23.0 Å². The Hall–Kier alpha value is -3.91. The van der Waals surface area contributed by atoms with Gasteiger partial charge in [-0.15, -0.1) is 0 Å². The molecule has 0 fully saturated rings. The maximum absolute atomic E-state index is 13.1. The predicted octanol–water partition coefficient (Wildman–Crippen LogP) is 8.21. The molecular weight excluding hydrogens is 509 g/mol. The number of rotatable bonds is 7. The smallest absolute Gasteiger partial charge is 0.416 e. The summed E-state index contributed by atoms with van der Waals surface area (Å²) in [6.07, 6.45) is -4.42. The molecular formula is C30H27F3N2O2S. The number of aliphatic imine (C=N–C) groups is 1. The molecule has 38 heavy (non-hydrogen) atoms. The number of phenolic OH excluding ortho intramolecular Hbond substituents is 1. The Balaban J connectivity index is 1.76. The third-order valence-corrected chi connectivity index (χ3v) is 6.77. The fraction of sp³-hybridized carbons (Fsp3) is 0.167. The van der Waals surface area contributed by atoms with Crippen LogP contribution in [0.25, 0.3) is 0 Å². The minimum absolute atomic E-state index is 0.170. The van der Waals surface area contributed by atoms with Crippen molar-refractivity contribution in [3.05, 3.63) is 119 Å². The summed E-state index contributed by atoms with van der Waals surface area (Å²) in [5.74, 6) is 0.857. The van der Waals surface area contributed by atoms with Crippen LogP contribution in [0.15, 0.2) is 107 Å². The van der Waals surface area contributed by atoms with Crippen LogP contribution < -0.4 is 4.74 Å². The molecule has 0 unspecified atom stereocenters. The molecule has 4 aromatic carbocycles. The molecule has 0 atom stereocenters. The second-order valence-corrected chi connectivity index (χ2v) is 9.77. The normalized spacial score (nSPS) is 11.9. The van der Waals surface area contributed by atoms with Gasteiger partial charge in [-0.05, 0) is 72.6 Å². The first-order valence-electron chi connectivity index (χ1n) is 11.9. The molecule has 0 aliphatic rings. The summed E-state index contributed by atoms with van der Waals surface area (Å²) in [5, 5.41) is 10.3. The zero-order valence-electron chi connectivity index (χ0n) is 20.9. The van der Waals surface area contributed by atoms with E-state index in [-0.39, 0.29) is 5.75 Å². The second kappa shape index (κ2) is 12.1. The molecule has 0 heterocycles. The van der Waals surface area contributed by atoms with Gasteiger partial charge in [-0.1, -0.05) is 59.8 Å². The Labute approximate surface area is 224 Å². The van der Waals surface area contributed by atoms with Gasteiger partial charge in [0, 0.05) is 18.0 Å². The van der Waals surface area contributed by atoms with Gasteiger partial charge in [-0.25, -0.2) is 4.99 Å². The SMILES string of the molecule is COc1cccc(SC(=Nc2ccc(C(F)(F)F)cc2)N(Cc2ccc(C)cc2)Cc2ccc(O)cc2)c1. The van der Waals surface area contributed by atoms with E-state index in [0.29, 0.717) is 29.7 Å². The van der Waals surface area contributed by atoms with Crippen LogP contribution in [0.2, 0.25) is 0 Å². The maximum atomic E-state index is 13.1. The van der Waals surface area contributed by atoms with Crippen LogP contribution in [0.3, 0.4) is 0 Å². The number of hydrogen-bond donors (Lipinski definition) is 1. The van der Waals surface area contributed by atoms with Gasteiger partial charge in [0.1, 0.15) is 11.5 Å². The summed E-state index contributed by atoms with van der Waals surface area (Å²) in [4.78, 5) is 7.75. The van der Waals surface area contributed by atoms with E-state index in [2.05, 4.69) is 4.90 Å². The quantitative estimate of drug-likeness (QED) is 0.147. The van der Waals surface area contributed by atoms with Gasteiger partial charge in [0.2, 0.25) is 0 Å².